The fourth-order valence-corrected chi connectivity index (χ4v) is 4.48. The van der Waals surface area contributed by atoms with Crippen molar-refractivity contribution in [1.29, 1.82) is 0 Å². The zero-order valence-corrected chi connectivity index (χ0v) is 13.7. The molecule has 0 bridgehead atoms. The number of nitrogens with one attached hydrogen (secondary N) is 1. The Kier molecular flexibility index (Phi) is 7.75. The quantitative estimate of drug-likeness (QED) is 0.825. The molecule has 1 aliphatic heterocycles. The summed E-state index contributed by atoms with van der Waals surface area (Å²) in [5, 5.41) is 0. The van der Waals surface area contributed by atoms with E-state index in [1.165, 1.54) is 0 Å². The maximum Gasteiger partial charge on any atom is 0.279 e. The van der Waals surface area contributed by atoms with E-state index < -0.39 is 10.2 Å². The number of rotatable bonds is 4. The summed E-state index contributed by atoms with van der Waals surface area (Å²) in [6, 6.07) is 0.251. The molecule has 120 valence electrons. The van der Waals surface area contributed by atoms with Crippen LogP contribution in [0.3, 0.4) is 0 Å². The predicted octanol–water partition coefficient (Wildman–Crippen LogP) is 1.64. The summed E-state index contributed by atoms with van der Waals surface area (Å²) < 4.78 is 28.9. The fourth-order valence-electron chi connectivity index (χ4n) is 3.11. The van der Waals surface area contributed by atoms with Gasteiger partial charge in [0.2, 0.25) is 0 Å². The van der Waals surface area contributed by atoms with Gasteiger partial charge in [0.25, 0.3) is 10.2 Å². The molecule has 2 unspecified atom stereocenters. The van der Waals surface area contributed by atoms with E-state index in [4.69, 9.17) is 5.73 Å². The minimum Gasteiger partial charge on any atom is -0.328 e. The maximum atomic E-state index is 12.2. The van der Waals surface area contributed by atoms with E-state index in [2.05, 4.69) is 4.72 Å². The van der Waals surface area contributed by atoms with Gasteiger partial charge in [-0.2, -0.15) is 12.7 Å². The molecule has 2 aliphatic rings. The molecule has 0 aromatic carbocycles. The van der Waals surface area contributed by atoms with Crippen molar-refractivity contribution in [2.75, 3.05) is 19.6 Å². The van der Waals surface area contributed by atoms with Gasteiger partial charge in [0.05, 0.1) is 0 Å². The molecule has 1 heterocycles. The third kappa shape index (κ3) is 5.48. The monoisotopic (exact) mass is 325 g/mol. The molecule has 3 N–H and O–H groups in total. The highest BCUT2D eigenvalue weighted by molar-refractivity contribution is 7.87. The third-order valence-corrected chi connectivity index (χ3v) is 5.86. The Morgan fingerprint density at radius 3 is 2.30 bits per heavy atom. The summed E-state index contributed by atoms with van der Waals surface area (Å²) in [4.78, 5) is 0. The smallest absolute Gasteiger partial charge is 0.279 e. The first-order valence-corrected chi connectivity index (χ1v) is 9.02. The van der Waals surface area contributed by atoms with Gasteiger partial charge in [-0.1, -0.05) is 19.3 Å². The van der Waals surface area contributed by atoms with Gasteiger partial charge in [-0.25, -0.2) is 4.72 Å². The molecule has 20 heavy (non-hydrogen) atoms. The molecule has 5 nitrogen and oxygen atoms in total. The summed E-state index contributed by atoms with van der Waals surface area (Å²) in [6.07, 6.45) is 8.49. The summed E-state index contributed by atoms with van der Waals surface area (Å²) in [5.74, 6) is 0.408. The van der Waals surface area contributed by atoms with Crippen LogP contribution in [0.15, 0.2) is 0 Å². The molecular weight excluding hydrogens is 298 g/mol. The Labute approximate surface area is 129 Å². The second kappa shape index (κ2) is 8.54. The normalized spacial score (nSPS) is 29.4. The second-order valence-electron chi connectivity index (χ2n) is 5.96. The molecule has 0 amide bonds. The first kappa shape index (κ1) is 18.2. The largest absolute Gasteiger partial charge is 0.328 e. The lowest BCUT2D eigenvalue weighted by Gasteiger charge is -2.28. The average Bonchev–Trinajstić information content (AvgIpc) is 2.66. The van der Waals surface area contributed by atoms with Gasteiger partial charge in [-0.3, -0.25) is 0 Å². The van der Waals surface area contributed by atoms with Crippen molar-refractivity contribution in [2.45, 2.75) is 57.4 Å². The first-order chi connectivity index (χ1) is 9.08. The van der Waals surface area contributed by atoms with Crippen LogP contribution in [0.25, 0.3) is 0 Å². The molecule has 1 aliphatic carbocycles. The van der Waals surface area contributed by atoms with E-state index in [0.29, 0.717) is 25.6 Å². The number of hydrogen-bond donors (Lipinski definition) is 2. The fraction of sp³-hybridized carbons (Fsp3) is 1.00. The van der Waals surface area contributed by atoms with Gasteiger partial charge < -0.3 is 5.73 Å². The third-order valence-electron chi connectivity index (χ3n) is 4.28. The Hall–Kier alpha value is 0.120. The second-order valence-corrected chi connectivity index (χ2v) is 7.71. The van der Waals surface area contributed by atoms with Crippen LogP contribution < -0.4 is 10.5 Å². The molecule has 0 aromatic rings. The molecule has 2 atom stereocenters. The van der Waals surface area contributed by atoms with Gasteiger partial charge in [0.1, 0.15) is 0 Å². The highest BCUT2D eigenvalue weighted by atomic mass is 35.5. The predicted molar refractivity (Wildman–Crippen MR) is 84.1 cm³/mol. The summed E-state index contributed by atoms with van der Waals surface area (Å²) in [7, 11) is -3.28. The van der Waals surface area contributed by atoms with Crippen LogP contribution in [0.2, 0.25) is 0 Å². The minimum atomic E-state index is -3.28. The molecule has 2 rings (SSSR count). The van der Waals surface area contributed by atoms with E-state index in [-0.39, 0.29) is 18.4 Å². The Morgan fingerprint density at radius 2 is 1.70 bits per heavy atom. The number of halogens is 1. The van der Waals surface area contributed by atoms with Crippen molar-refractivity contribution in [2.24, 2.45) is 11.7 Å². The Morgan fingerprint density at radius 1 is 1.05 bits per heavy atom. The highest BCUT2D eigenvalue weighted by Gasteiger charge is 2.25. The van der Waals surface area contributed by atoms with Gasteiger partial charge in [0.15, 0.2) is 0 Å². The molecule has 2 fully saturated rings. The lowest BCUT2D eigenvalue weighted by molar-refractivity contribution is 0.318. The molecule has 0 radical (unpaired) electrons. The van der Waals surface area contributed by atoms with Crippen LogP contribution in [0.1, 0.15) is 51.4 Å². The number of hydrogen-bond acceptors (Lipinski definition) is 3. The van der Waals surface area contributed by atoms with E-state index in [0.717, 1.165) is 51.4 Å². The topological polar surface area (TPSA) is 75.4 Å². The van der Waals surface area contributed by atoms with Gasteiger partial charge in [0, 0.05) is 25.7 Å². The Balaban J connectivity index is 0.00000200. The summed E-state index contributed by atoms with van der Waals surface area (Å²) in [5.41, 5.74) is 5.94. The van der Waals surface area contributed by atoms with Crippen LogP contribution in [0, 0.1) is 5.92 Å². The average molecular weight is 326 g/mol. The molecule has 0 aromatic heterocycles. The highest BCUT2D eigenvalue weighted by Crippen LogP contribution is 2.22. The molecule has 7 heteroatoms. The van der Waals surface area contributed by atoms with Crippen molar-refractivity contribution >= 4 is 22.6 Å². The summed E-state index contributed by atoms with van der Waals surface area (Å²) in [6.45, 7) is 1.88. The van der Waals surface area contributed by atoms with E-state index >= 15 is 0 Å². The summed E-state index contributed by atoms with van der Waals surface area (Å²) >= 11 is 0. The van der Waals surface area contributed by atoms with Crippen molar-refractivity contribution in [3.63, 3.8) is 0 Å². The molecule has 1 saturated carbocycles. The standard InChI is InChI=1S/C13H27N3O2S.ClH/c14-13-7-5-6-12(10-13)11-15-19(17,18)16-8-3-1-2-4-9-16;/h12-13,15H,1-11,14H2;1H. The first-order valence-electron chi connectivity index (χ1n) is 7.58. The van der Waals surface area contributed by atoms with Crippen LogP contribution >= 0.6 is 12.4 Å². The van der Waals surface area contributed by atoms with E-state index in [1.54, 1.807) is 4.31 Å². The van der Waals surface area contributed by atoms with Crippen molar-refractivity contribution < 1.29 is 8.42 Å². The van der Waals surface area contributed by atoms with E-state index in [9.17, 15) is 8.42 Å². The molecule has 0 spiro atoms. The molecular formula is C13H28ClN3O2S. The SMILES string of the molecule is Cl.NC1CCCC(CNS(=O)(=O)N2CCCCCC2)C1. The maximum absolute atomic E-state index is 12.2. The molecule has 1 saturated heterocycles. The van der Waals surface area contributed by atoms with Gasteiger partial charge in [-0.15, -0.1) is 12.4 Å². The van der Waals surface area contributed by atoms with Gasteiger partial charge in [-0.05, 0) is 38.0 Å². The van der Waals surface area contributed by atoms with E-state index in [1.807, 2.05) is 0 Å². The zero-order valence-electron chi connectivity index (χ0n) is 12.1. The number of nitrogens with zero attached hydrogens (tertiary/aromatic N) is 1. The van der Waals surface area contributed by atoms with Gasteiger partial charge >= 0.3 is 0 Å². The van der Waals surface area contributed by atoms with Crippen LogP contribution in [-0.2, 0) is 10.2 Å². The van der Waals surface area contributed by atoms with Crippen molar-refractivity contribution in [1.82, 2.24) is 9.03 Å². The van der Waals surface area contributed by atoms with Crippen molar-refractivity contribution in [3.8, 4) is 0 Å². The van der Waals surface area contributed by atoms with Crippen LogP contribution in [0.5, 0.6) is 0 Å². The lowest BCUT2D eigenvalue weighted by atomic mass is 9.86. The van der Waals surface area contributed by atoms with Crippen LogP contribution in [0.4, 0.5) is 0 Å². The van der Waals surface area contributed by atoms with Crippen molar-refractivity contribution in [3.05, 3.63) is 0 Å². The zero-order chi connectivity index (χ0) is 13.7. The van der Waals surface area contributed by atoms with Crippen LogP contribution in [-0.4, -0.2) is 38.4 Å². The Bertz CT molecular complexity index is 370. The lowest BCUT2D eigenvalue weighted by Crippen LogP contribution is -2.44. The number of nitrogens with two attached hydrogens (primary N) is 1. The minimum absolute atomic E-state index is 0.